The summed E-state index contributed by atoms with van der Waals surface area (Å²) in [5.41, 5.74) is 0.697. The molecule has 2 unspecified atom stereocenters. The van der Waals surface area contributed by atoms with Gasteiger partial charge in [-0.2, -0.15) is 0 Å². The fourth-order valence-electron chi connectivity index (χ4n) is 2.81. The summed E-state index contributed by atoms with van der Waals surface area (Å²) >= 11 is 0. The fourth-order valence-corrected chi connectivity index (χ4v) is 2.81. The molecule has 1 aliphatic rings. The van der Waals surface area contributed by atoms with Crippen LogP contribution < -0.4 is 4.90 Å². The average Bonchev–Trinajstić information content (AvgIpc) is 2.70. The predicted octanol–water partition coefficient (Wildman–Crippen LogP) is 3.29. The summed E-state index contributed by atoms with van der Waals surface area (Å²) in [5.74, 6) is -1.57. The number of hydrogen-bond acceptors (Lipinski definition) is 2. The van der Waals surface area contributed by atoms with Gasteiger partial charge in [-0.1, -0.05) is 6.92 Å². The molecule has 4 heteroatoms. The summed E-state index contributed by atoms with van der Waals surface area (Å²) in [6.07, 6.45) is 3.09. The smallest absolute Gasteiger partial charge is 0.337 e. The Morgan fingerprint density at radius 1 is 1.50 bits per heavy atom. The van der Waals surface area contributed by atoms with E-state index in [1.807, 2.05) is 0 Å². The molecule has 1 N–H and O–H groups in total. The minimum absolute atomic E-state index is 0.0576. The van der Waals surface area contributed by atoms with E-state index >= 15 is 0 Å². The molecular formula is C14H18FNO2. The minimum Gasteiger partial charge on any atom is -0.478 e. The molecule has 0 bridgehead atoms. The zero-order valence-corrected chi connectivity index (χ0v) is 10.7. The number of nitrogens with zero attached hydrogens (tertiary/aromatic N) is 1. The quantitative estimate of drug-likeness (QED) is 0.896. The van der Waals surface area contributed by atoms with Crippen LogP contribution in [0.1, 0.15) is 43.5 Å². The summed E-state index contributed by atoms with van der Waals surface area (Å²) in [6, 6.07) is 4.68. The van der Waals surface area contributed by atoms with Gasteiger partial charge in [-0.3, -0.25) is 0 Å². The van der Waals surface area contributed by atoms with Crippen LogP contribution in [0, 0.1) is 5.82 Å². The number of carboxylic acid groups (broad SMARTS) is 1. The fraction of sp³-hybridized carbons (Fsp3) is 0.500. The molecule has 0 saturated carbocycles. The molecule has 0 aliphatic carbocycles. The van der Waals surface area contributed by atoms with Crippen LogP contribution in [0.3, 0.4) is 0 Å². The molecule has 0 aromatic heterocycles. The van der Waals surface area contributed by atoms with Gasteiger partial charge in [-0.05, 0) is 44.4 Å². The van der Waals surface area contributed by atoms with E-state index in [1.54, 1.807) is 6.07 Å². The van der Waals surface area contributed by atoms with Crippen LogP contribution in [-0.4, -0.2) is 23.2 Å². The molecule has 0 radical (unpaired) electrons. The van der Waals surface area contributed by atoms with E-state index in [-0.39, 0.29) is 5.56 Å². The number of halogens is 1. The Hall–Kier alpha value is -1.58. The summed E-state index contributed by atoms with van der Waals surface area (Å²) in [6.45, 7) is 4.18. The number of anilines is 1. The van der Waals surface area contributed by atoms with Gasteiger partial charge < -0.3 is 10.0 Å². The molecule has 2 rings (SSSR count). The second-order valence-corrected chi connectivity index (χ2v) is 4.86. The number of benzene rings is 1. The molecule has 18 heavy (non-hydrogen) atoms. The highest BCUT2D eigenvalue weighted by Crippen LogP contribution is 2.34. The zero-order valence-electron chi connectivity index (χ0n) is 10.7. The largest absolute Gasteiger partial charge is 0.478 e. The Bertz CT molecular complexity index is 461. The molecule has 1 aliphatic heterocycles. The summed E-state index contributed by atoms with van der Waals surface area (Å²) in [5, 5.41) is 9.20. The van der Waals surface area contributed by atoms with Crippen LogP contribution in [-0.2, 0) is 0 Å². The van der Waals surface area contributed by atoms with Gasteiger partial charge in [0.15, 0.2) is 0 Å². The van der Waals surface area contributed by atoms with Gasteiger partial charge in [-0.25, -0.2) is 9.18 Å². The molecule has 98 valence electrons. The zero-order chi connectivity index (χ0) is 13.3. The first-order chi connectivity index (χ1) is 8.54. The first-order valence-electron chi connectivity index (χ1n) is 6.35. The monoisotopic (exact) mass is 251 g/mol. The van der Waals surface area contributed by atoms with Crippen LogP contribution in [0.2, 0.25) is 0 Å². The average molecular weight is 251 g/mol. The Balaban J connectivity index is 2.46. The van der Waals surface area contributed by atoms with Crippen LogP contribution in [0.5, 0.6) is 0 Å². The van der Waals surface area contributed by atoms with Crippen molar-refractivity contribution in [3.05, 3.63) is 29.6 Å². The molecule has 0 amide bonds. The molecule has 1 heterocycles. The third kappa shape index (κ3) is 2.19. The summed E-state index contributed by atoms with van der Waals surface area (Å²) in [4.78, 5) is 13.4. The Morgan fingerprint density at radius 2 is 2.22 bits per heavy atom. The Labute approximate surface area is 106 Å². The molecule has 1 aromatic rings. The maximum atomic E-state index is 13.2. The van der Waals surface area contributed by atoms with E-state index in [2.05, 4.69) is 18.7 Å². The van der Waals surface area contributed by atoms with Gasteiger partial charge >= 0.3 is 5.97 Å². The first kappa shape index (κ1) is 12.9. The van der Waals surface area contributed by atoms with Gasteiger partial charge in [0.25, 0.3) is 0 Å². The van der Waals surface area contributed by atoms with Crippen molar-refractivity contribution in [2.75, 3.05) is 4.90 Å². The summed E-state index contributed by atoms with van der Waals surface area (Å²) in [7, 11) is 0. The van der Waals surface area contributed by atoms with Gasteiger partial charge in [0.1, 0.15) is 5.82 Å². The molecule has 1 fully saturated rings. The van der Waals surface area contributed by atoms with Crippen molar-refractivity contribution >= 4 is 11.7 Å². The molecule has 0 spiro atoms. The highest BCUT2D eigenvalue weighted by molar-refractivity contribution is 5.94. The normalized spacial score (nSPS) is 23.4. The lowest BCUT2D eigenvalue weighted by atomic mass is 10.1. The summed E-state index contributed by atoms with van der Waals surface area (Å²) < 4.78 is 13.2. The van der Waals surface area contributed by atoms with E-state index in [0.29, 0.717) is 17.8 Å². The lowest BCUT2D eigenvalue weighted by Crippen LogP contribution is -2.35. The van der Waals surface area contributed by atoms with Gasteiger partial charge in [0.05, 0.1) is 11.3 Å². The lowest BCUT2D eigenvalue weighted by Gasteiger charge is -2.31. The molecule has 2 atom stereocenters. The number of carboxylic acids is 1. The Kier molecular flexibility index (Phi) is 3.55. The van der Waals surface area contributed by atoms with Crippen molar-refractivity contribution in [3.8, 4) is 0 Å². The van der Waals surface area contributed by atoms with E-state index in [4.69, 9.17) is 0 Å². The van der Waals surface area contributed by atoms with Crippen LogP contribution in [0.4, 0.5) is 10.1 Å². The van der Waals surface area contributed by atoms with Crippen molar-refractivity contribution in [2.45, 2.75) is 45.2 Å². The minimum atomic E-state index is -1.07. The molecule has 1 aromatic carbocycles. The van der Waals surface area contributed by atoms with Crippen molar-refractivity contribution in [1.82, 2.24) is 0 Å². The van der Waals surface area contributed by atoms with Gasteiger partial charge in [0.2, 0.25) is 0 Å². The lowest BCUT2D eigenvalue weighted by molar-refractivity contribution is 0.0697. The molecule has 3 nitrogen and oxygen atoms in total. The second-order valence-electron chi connectivity index (χ2n) is 4.86. The third-order valence-electron chi connectivity index (χ3n) is 3.72. The SMILES string of the molecule is CCC1CCC(C)N1c1ccc(F)cc1C(=O)O. The Morgan fingerprint density at radius 3 is 2.83 bits per heavy atom. The van der Waals surface area contributed by atoms with E-state index < -0.39 is 11.8 Å². The number of rotatable bonds is 3. The highest BCUT2D eigenvalue weighted by atomic mass is 19.1. The van der Waals surface area contributed by atoms with Crippen molar-refractivity contribution in [2.24, 2.45) is 0 Å². The van der Waals surface area contributed by atoms with Crippen LogP contribution >= 0.6 is 0 Å². The van der Waals surface area contributed by atoms with Crippen molar-refractivity contribution < 1.29 is 14.3 Å². The number of hydrogen-bond donors (Lipinski definition) is 1. The van der Waals surface area contributed by atoms with Crippen molar-refractivity contribution in [1.29, 1.82) is 0 Å². The first-order valence-corrected chi connectivity index (χ1v) is 6.35. The van der Waals surface area contributed by atoms with Gasteiger partial charge in [0, 0.05) is 12.1 Å². The van der Waals surface area contributed by atoms with E-state index in [1.165, 1.54) is 6.07 Å². The topological polar surface area (TPSA) is 40.5 Å². The predicted molar refractivity (Wildman–Crippen MR) is 68.6 cm³/mol. The maximum Gasteiger partial charge on any atom is 0.337 e. The number of aromatic carboxylic acids is 1. The van der Waals surface area contributed by atoms with E-state index in [0.717, 1.165) is 25.3 Å². The second kappa shape index (κ2) is 4.96. The third-order valence-corrected chi connectivity index (χ3v) is 3.72. The maximum absolute atomic E-state index is 13.2. The van der Waals surface area contributed by atoms with E-state index in [9.17, 15) is 14.3 Å². The standard InChI is InChI=1S/C14H18FNO2/c1-3-11-6-4-9(2)16(11)13-7-5-10(15)8-12(13)14(17)18/h5,7-9,11H,3-4,6H2,1-2H3,(H,17,18). The van der Waals surface area contributed by atoms with Crippen LogP contribution in [0.15, 0.2) is 18.2 Å². The molecular weight excluding hydrogens is 233 g/mol. The van der Waals surface area contributed by atoms with Crippen LogP contribution in [0.25, 0.3) is 0 Å². The number of carbonyl (C=O) groups is 1. The molecule has 1 saturated heterocycles. The van der Waals surface area contributed by atoms with Crippen molar-refractivity contribution in [3.63, 3.8) is 0 Å². The van der Waals surface area contributed by atoms with Gasteiger partial charge in [-0.15, -0.1) is 0 Å². The highest BCUT2D eigenvalue weighted by Gasteiger charge is 2.31.